The normalized spacial score (nSPS) is 21.2. The minimum atomic E-state index is -0.0488. The van der Waals surface area contributed by atoms with Gasteiger partial charge in [0.05, 0.1) is 0 Å². The van der Waals surface area contributed by atoms with E-state index in [1.165, 1.54) is 0 Å². The quantitative estimate of drug-likeness (QED) is 0.414. The second-order valence-electron chi connectivity index (χ2n) is 3.56. The zero-order valence-electron chi connectivity index (χ0n) is 7.46. The average molecular weight is 178 g/mol. The van der Waals surface area contributed by atoms with Gasteiger partial charge in [0, 0.05) is 17.3 Å². The van der Waals surface area contributed by atoms with Gasteiger partial charge in [-0.25, -0.2) is 0 Å². The van der Waals surface area contributed by atoms with Gasteiger partial charge >= 0.3 is 0 Å². The van der Waals surface area contributed by atoms with E-state index in [4.69, 9.17) is 11.5 Å². The highest BCUT2D eigenvalue weighted by Crippen LogP contribution is 2.37. The zero-order valence-corrected chi connectivity index (χ0v) is 7.46. The van der Waals surface area contributed by atoms with E-state index in [0.717, 1.165) is 36.1 Å². The van der Waals surface area contributed by atoms with Gasteiger partial charge in [-0.2, -0.15) is 0 Å². The summed E-state index contributed by atoms with van der Waals surface area (Å²) >= 11 is 0. The summed E-state index contributed by atoms with van der Waals surface area (Å²) < 4.78 is 0. The highest BCUT2D eigenvalue weighted by molar-refractivity contribution is 5.57. The fraction of sp³-hybridized carbons (Fsp3) is 0.400. The second-order valence-corrected chi connectivity index (χ2v) is 3.56. The van der Waals surface area contributed by atoms with Crippen molar-refractivity contribution < 1.29 is 5.11 Å². The fourth-order valence-electron chi connectivity index (χ4n) is 2.01. The molecule has 0 bridgehead atoms. The van der Waals surface area contributed by atoms with Crippen LogP contribution in [-0.4, -0.2) is 5.11 Å². The molecule has 0 aliphatic heterocycles. The Morgan fingerprint density at radius 1 is 1.38 bits per heavy atom. The number of anilines is 1. The Labute approximate surface area is 77.4 Å². The maximum Gasteiger partial charge on any atom is 0.120 e. The van der Waals surface area contributed by atoms with E-state index in [1.54, 1.807) is 12.1 Å². The summed E-state index contributed by atoms with van der Waals surface area (Å²) in [6, 6.07) is 3.32. The summed E-state index contributed by atoms with van der Waals surface area (Å²) in [7, 11) is 0. The molecule has 1 aliphatic rings. The molecule has 13 heavy (non-hydrogen) atoms. The monoisotopic (exact) mass is 178 g/mol. The summed E-state index contributed by atoms with van der Waals surface area (Å²) in [5, 5.41) is 9.62. The number of hydrogen-bond acceptors (Lipinski definition) is 3. The predicted octanol–water partition coefficient (Wildman–Crippen LogP) is 1.31. The van der Waals surface area contributed by atoms with Crippen molar-refractivity contribution in [2.24, 2.45) is 5.73 Å². The summed E-state index contributed by atoms with van der Waals surface area (Å²) in [5.74, 6) is 0.288. The van der Waals surface area contributed by atoms with Crippen LogP contribution in [0.25, 0.3) is 0 Å². The molecule has 5 N–H and O–H groups in total. The Morgan fingerprint density at radius 2 is 2.15 bits per heavy atom. The van der Waals surface area contributed by atoms with Gasteiger partial charge in [0.15, 0.2) is 0 Å². The number of aromatic hydroxyl groups is 1. The van der Waals surface area contributed by atoms with Crippen molar-refractivity contribution in [1.82, 2.24) is 0 Å². The summed E-state index contributed by atoms with van der Waals surface area (Å²) in [4.78, 5) is 0. The molecule has 1 atom stereocenters. The van der Waals surface area contributed by atoms with Crippen LogP contribution < -0.4 is 11.5 Å². The lowest BCUT2D eigenvalue weighted by Crippen LogP contribution is -2.18. The molecule has 0 radical (unpaired) electrons. The molecule has 0 saturated heterocycles. The number of phenolic OH excluding ortho intramolecular Hbond substituents is 1. The first-order valence-electron chi connectivity index (χ1n) is 4.56. The van der Waals surface area contributed by atoms with Gasteiger partial charge in [0.2, 0.25) is 0 Å². The molecule has 0 fully saturated rings. The molecule has 70 valence electrons. The maximum atomic E-state index is 9.62. The number of benzene rings is 1. The van der Waals surface area contributed by atoms with E-state index >= 15 is 0 Å². The van der Waals surface area contributed by atoms with Crippen molar-refractivity contribution in [2.75, 3.05) is 5.73 Å². The Morgan fingerprint density at radius 3 is 2.85 bits per heavy atom. The van der Waals surface area contributed by atoms with Gasteiger partial charge in [-0.1, -0.05) is 0 Å². The fourth-order valence-corrected chi connectivity index (χ4v) is 2.01. The van der Waals surface area contributed by atoms with Crippen LogP contribution in [-0.2, 0) is 6.42 Å². The predicted molar refractivity (Wildman–Crippen MR) is 52.4 cm³/mol. The molecule has 2 rings (SSSR count). The molecular weight excluding hydrogens is 164 g/mol. The minimum absolute atomic E-state index is 0.0488. The summed E-state index contributed by atoms with van der Waals surface area (Å²) in [6.07, 6.45) is 2.93. The smallest absolute Gasteiger partial charge is 0.120 e. The lowest BCUT2D eigenvalue weighted by atomic mass is 9.86. The highest BCUT2D eigenvalue weighted by atomic mass is 16.3. The Kier molecular flexibility index (Phi) is 1.88. The third kappa shape index (κ3) is 1.25. The van der Waals surface area contributed by atoms with Gasteiger partial charge in [-0.15, -0.1) is 0 Å². The van der Waals surface area contributed by atoms with E-state index in [9.17, 15) is 5.11 Å². The molecular formula is C10H14N2O. The minimum Gasteiger partial charge on any atom is -0.508 e. The lowest BCUT2D eigenvalue weighted by molar-refractivity contribution is 0.448. The van der Waals surface area contributed by atoms with Gasteiger partial charge in [-0.05, 0) is 37.0 Å². The van der Waals surface area contributed by atoms with Crippen LogP contribution in [0.5, 0.6) is 5.75 Å². The van der Waals surface area contributed by atoms with Gasteiger partial charge in [-0.3, -0.25) is 0 Å². The molecule has 0 aromatic heterocycles. The average Bonchev–Trinajstić information content (AvgIpc) is 2.12. The summed E-state index contributed by atoms with van der Waals surface area (Å²) in [6.45, 7) is 0. The van der Waals surface area contributed by atoms with Gasteiger partial charge < -0.3 is 16.6 Å². The molecule has 0 unspecified atom stereocenters. The highest BCUT2D eigenvalue weighted by Gasteiger charge is 2.21. The molecule has 1 aromatic carbocycles. The number of nitrogens with two attached hydrogens (primary N) is 2. The Bertz CT molecular complexity index is 336. The lowest BCUT2D eigenvalue weighted by Gasteiger charge is -2.24. The van der Waals surface area contributed by atoms with Crippen molar-refractivity contribution >= 4 is 5.69 Å². The standard InChI is InChI=1S/C10H14N2O/c11-7-4-5-9(13)10-6(7)2-1-3-8(10)12/h4-5,8,13H,1-3,11-12H2/t8-/m0/s1. The number of rotatable bonds is 0. The van der Waals surface area contributed by atoms with E-state index in [-0.39, 0.29) is 11.8 Å². The summed E-state index contributed by atoms with van der Waals surface area (Å²) in [5.41, 5.74) is 14.4. The first-order valence-corrected chi connectivity index (χ1v) is 4.56. The van der Waals surface area contributed by atoms with E-state index in [0.29, 0.717) is 0 Å². The SMILES string of the molecule is Nc1ccc(O)c2c1CCC[C@@H]2N. The molecule has 1 aliphatic carbocycles. The Hall–Kier alpha value is -1.22. The number of nitrogen functional groups attached to an aromatic ring is 1. The maximum absolute atomic E-state index is 9.62. The molecule has 0 amide bonds. The van der Waals surface area contributed by atoms with Crippen molar-refractivity contribution in [3.8, 4) is 5.75 Å². The van der Waals surface area contributed by atoms with Gasteiger partial charge in [0.1, 0.15) is 5.75 Å². The second kappa shape index (κ2) is 2.92. The molecule has 0 spiro atoms. The third-order valence-electron chi connectivity index (χ3n) is 2.68. The molecule has 0 heterocycles. The van der Waals surface area contributed by atoms with Crippen molar-refractivity contribution in [3.63, 3.8) is 0 Å². The van der Waals surface area contributed by atoms with Crippen LogP contribution in [0.1, 0.15) is 30.0 Å². The Balaban J connectivity index is 2.60. The van der Waals surface area contributed by atoms with Gasteiger partial charge in [0.25, 0.3) is 0 Å². The van der Waals surface area contributed by atoms with E-state index in [2.05, 4.69) is 0 Å². The van der Waals surface area contributed by atoms with E-state index < -0.39 is 0 Å². The van der Waals surface area contributed by atoms with Crippen molar-refractivity contribution in [3.05, 3.63) is 23.3 Å². The number of phenols is 1. The van der Waals surface area contributed by atoms with Crippen LogP contribution in [0.3, 0.4) is 0 Å². The topological polar surface area (TPSA) is 72.3 Å². The molecule has 1 aromatic rings. The first kappa shape index (κ1) is 8.38. The van der Waals surface area contributed by atoms with Crippen molar-refractivity contribution in [1.29, 1.82) is 0 Å². The largest absolute Gasteiger partial charge is 0.508 e. The van der Waals surface area contributed by atoms with Crippen LogP contribution in [0, 0.1) is 0 Å². The van der Waals surface area contributed by atoms with E-state index in [1.807, 2.05) is 0 Å². The first-order chi connectivity index (χ1) is 6.20. The molecule has 0 saturated carbocycles. The third-order valence-corrected chi connectivity index (χ3v) is 2.68. The van der Waals surface area contributed by atoms with Crippen LogP contribution >= 0.6 is 0 Å². The molecule has 3 nitrogen and oxygen atoms in total. The van der Waals surface area contributed by atoms with Crippen LogP contribution in [0.4, 0.5) is 5.69 Å². The van der Waals surface area contributed by atoms with Crippen LogP contribution in [0.15, 0.2) is 12.1 Å². The molecule has 3 heteroatoms. The number of hydrogen-bond donors (Lipinski definition) is 3. The number of fused-ring (bicyclic) bond motifs is 1. The zero-order chi connectivity index (χ0) is 9.42. The van der Waals surface area contributed by atoms with Crippen LogP contribution in [0.2, 0.25) is 0 Å². The van der Waals surface area contributed by atoms with Crippen molar-refractivity contribution in [2.45, 2.75) is 25.3 Å².